The van der Waals surface area contributed by atoms with Gasteiger partial charge in [-0.1, -0.05) is 0 Å². The number of anilines is 1. The van der Waals surface area contributed by atoms with Gasteiger partial charge in [-0.25, -0.2) is 4.79 Å². The van der Waals surface area contributed by atoms with Crippen LogP contribution >= 0.6 is 0 Å². The summed E-state index contributed by atoms with van der Waals surface area (Å²) in [5.41, 5.74) is 1.97. The zero-order chi connectivity index (χ0) is 21.3. The second-order valence-corrected chi connectivity index (χ2v) is 7.39. The van der Waals surface area contributed by atoms with Crippen molar-refractivity contribution in [2.75, 3.05) is 4.90 Å². The van der Waals surface area contributed by atoms with E-state index in [4.69, 9.17) is 9.15 Å². The Morgan fingerprint density at radius 1 is 1.27 bits per heavy atom. The molecule has 8 nitrogen and oxygen atoms in total. The van der Waals surface area contributed by atoms with Gasteiger partial charge in [0.1, 0.15) is 12.0 Å². The monoisotopic (exact) mass is 422 g/mol. The minimum absolute atomic E-state index is 0. The van der Waals surface area contributed by atoms with E-state index in [0.717, 1.165) is 11.8 Å². The fourth-order valence-corrected chi connectivity index (χ4v) is 3.62. The van der Waals surface area contributed by atoms with E-state index < -0.39 is 12.1 Å². The molecule has 0 unspecified atom stereocenters. The molecule has 1 aliphatic heterocycles. The molecule has 30 heavy (non-hydrogen) atoms. The van der Waals surface area contributed by atoms with E-state index in [1.165, 1.54) is 13.0 Å². The molecule has 0 bridgehead atoms. The molecular formula is C21H23N2NaO6. The van der Waals surface area contributed by atoms with Crippen LogP contribution in [0.5, 0.6) is 0 Å². The Labute approximate surface area is 196 Å². The predicted molar refractivity (Wildman–Crippen MR) is 103 cm³/mol. The van der Waals surface area contributed by atoms with Crippen molar-refractivity contribution in [2.24, 2.45) is 0 Å². The van der Waals surface area contributed by atoms with Gasteiger partial charge in [-0.3, -0.25) is 4.79 Å². The first-order valence-corrected chi connectivity index (χ1v) is 9.38. The second-order valence-electron chi connectivity index (χ2n) is 7.39. The summed E-state index contributed by atoms with van der Waals surface area (Å²) >= 11 is 0. The van der Waals surface area contributed by atoms with Gasteiger partial charge in [0, 0.05) is 29.8 Å². The molecule has 1 aliphatic rings. The number of nitrogens with one attached hydrogen (secondary N) is 1. The SMILES string of the molecule is CC(=O)N1c2ccc(-c3cc(C(=O)[O-])co3)cc2[C@@H](NC(=O)OC(C)C)C[C@H]1C.[Na+]. The molecule has 2 heterocycles. The van der Waals surface area contributed by atoms with Gasteiger partial charge in [-0.05, 0) is 57.0 Å². The first kappa shape index (κ1) is 24.0. The van der Waals surface area contributed by atoms with E-state index in [0.29, 0.717) is 23.4 Å². The molecular weight excluding hydrogens is 399 g/mol. The smallest absolute Gasteiger partial charge is 0.545 e. The molecule has 3 rings (SSSR count). The van der Waals surface area contributed by atoms with Gasteiger partial charge in [0.15, 0.2) is 0 Å². The topological polar surface area (TPSA) is 112 Å². The van der Waals surface area contributed by atoms with Gasteiger partial charge in [-0.2, -0.15) is 0 Å². The number of fused-ring (bicyclic) bond motifs is 1. The average molecular weight is 422 g/mol. The Morgan fingerprint density at radius 3 is 2.53 bits per heavy atom. The van der Waals surface area contributed by atoms with Crippen molar-refractivity contribution in [3.63, 3.8) is 0 Å². The third-order valence-corrected chi connectivity index (χ3v) is 4.77. The number of ether oxygens (including phenoxy) is 1. The molecule has 2 atom stereocenters. The van der Waals surface area contributed by atoms with Gasteiger partial charge in [0.25, 0.3) is 0 Å². The summed E-state index contributed by atoms with van der Waals surface area (Å²) in [6, 6.07) is 6.18. The predicted octanol–water partition coefficient (Wildman–Crippen LogP) is -0.365. The van der Waals surface area contributed by atoms with Crippen LogP contribution in [-0.4, -0.2) is 30.1 Å². The van der Waals surface area contributed by atoms with Gasteiger partial charge >= 0.3 is 35.7 Å². The number of alkyl carbamates (subject to hydrolysis) is 1. The summed E-state index contributed by atoms with van der Waals surface area (Å²) in [5.74, 6) is -1.08. The van der Waals surface area contributed by atoms with Crippen molar-refractivity contribution in [1.82, 2.24) is 5.32 Å². The van der Waals surface area contributed by atoms with Crippen LogP contribution in [0.4, 0.5) is 10.5 Å². The fourth-order valence-electron chi connectivity index (χ4n) is 3.62. The minimum Gasteiger partial charge on any atom is -0.545 e. The Balaban J connectivity index is 0.00000320. The summed E-state index contributed by atoms with van der Waals surface area (Å²) in [7, 11) is 0. The maximum absolute atomic E-state index is 12.2. The van der Waals surface area contributed by atoms with Crippen molar-refractivity contribution >= 4 is 23.7 Å². The summed E-state index contributed by atoms with van der Waals surface area (Å²) in [6.45, 7) is 6.93. The number of hydrogen-bond acceptors (Lipinski definition) is 6. The van der Waals surface area contributed by atoms with E-state index in [2.05, 4.69) is 5.32 Å². The molecule has 0 spiro atoms. The molecule has 0 saturated carbocycles. The standard InChI is InChI=1S/C21H24N2O6.Na/c1-11(2)29-21(27)22-17-7-12(3)23(13(4)24)18-6-5-14(8-16(17)18)19-9-15(10-28-19)20(25)26;/h5-6,8-12,17H,7H2,1-4H3,(H,22,27)(H,25,26);/q;+1/p-1/t12-,17+;/m1./s1. The molecule has 154 valence electrons. The summed E-state index contributed by atoms with van der Waals surface area (Å²) in [6.07, 6.45) is 0.818. The van der Waals surface area contributed by atoms with Crippen LogP contribution in [0, 0.1) is 0 Å². The number of carboxylic acid groups (broad SMARTS) is 1. The zero-order valence-electron chi connectivity index (χ0n) is 17.7. The number of carbonyl (C=O) groups is 3. The zero-order valence-corrected chi connectivity index (χ0v) is 19.7. The minimum atomic E-state index is -1.33. The number of furan rings is 1. The molecule has 1 aromatic heterocycles. The van der Waals surface area contributed by atoms with Crippen LogP contribution in [0.2, 0.25) is 0 Å². The first-order chi connectivity index (χ1) is 13.7. The van der Waals surface area contributed by atoms with Crippen molar-refractivity contribution < 1.29 is 58.2 Å². The Kier molecular flexibility index (Phi) is 7.74. The maximum atomic E-state index is 12.2. The van der Waals surface area contributed by atoms with Crippen LogP contribution in [0.25, 0.3) is 11.3 Å². The van der Waals surface area contributed by atoms with Gasteiger partial charge < -0.3 is 29.3 Å². The van der Waals surface area contributed by atoms with Crippen molar-refractivity contribution in [1.29, 1.82) is 0 Å². The summed E-state index contributed by atoms with van der Waals surface area (Å²) < 4.78 is 10.6. The normalized spacial score (nSPS) is 17.7. The third-order valence-electron chi connectivity index (χ3n) is 4.77. The summed E-state index contributed by atoms with van der Waals surface area (Å²) in [5, 5.41) is 13.9. The summed E-state index contributed by atoms with van der Waals surface area (Å²) in [4.78, 5) is 37.1. The second kappa shape index (κ2) is 9.68. The maximum Gasteiger partial charge on any atom is 1.00 e. The van der Waals surface area contributed by atoms with Crippen molar-refractivity contribution in [2.45, 2.75) is 52.3 Å². The molecule has 0 fully saturated rings. The molecule has 2 aromatic rings. The van der Waals surface area contributed by atoms with Crippen LogP contribution in [-0.2, 0) is 9.53 Å². The number of hydrogen-bond donors (Lipinski definition) is 1. The van der Waals surface area contributed by atoms with E-state index >= 15 is 0 Å². The van der Waals surface area contributed by atoms with Crippen LogP contribution in [0.3, 0.4) is 0 Å². The van der Waals surface area contributed by atoms with E-state index in [1.807, 2.05) is 6.92 Å². The Bertz CT molecular complexity index is 955. The third kappa shape index (κ3) is 5.06. The largest absolute Gasteiger partial charge is 1.00 e. The van der Waals surface area contributed by atoms with Gasteiger partial charge in [-0.15, -0.1) is 0 Å². The van der Waals surface area contributed by atoms with Gasteiger partial charge in [0.2, 0.25) is 5.91 Å². The Hall–Kier alpha value is -2.29. The average Bonchev–Trinajstić information content (AvgIpc) is 3.10. The van der Waals surface area contributed by atoms with Crippen LogP contribution in [0.1, 0.15) is 56.1 Å². The number of amides is 2. The molecule has 0 aliphatic carbocycles. The number of nitrogens with zero attached hydrogens (tertiary/aromatic N) is 1. The molecule has 0 radical (unpaired) electrons. The molecule has 0 saturated heterocycles. The number of carboxylic acids is 1. The number of rotatable bonds is 4. The van der Waals surface area contributed by atoms with Crippen molar-refractivity contribution in [3.05, 3.63) is 41.7 Å². The Morgan fingerprint density at radius 2 is 1.97 bits per heavy atom. The quantitative estimate of drug-likeness (QED) is 0.674. The van der Waals surface area contributed by atoms with E-state index in [9.17, 15) is 19.5 Å². The first-order valence-electron chi connectivity index (χ1n) is 9.38. The molecule has 1 aromatic carbocycles. The van der Waals surface area contributed by atoms with E-state index in [1.54, 1.807) is 36.9 Å². The fraction of sp³-hybridized carbons (Fsp3) is 0.381. The molecule has 9 heteroatoms. The number of carbonyl (C=O) groups excluding carboxylic acids is 3. The number of aromatic carboxylic acids is 1. The van der Waals surface area contributed by atoms with Crippen LogP contribution in [0.15, 0.2) is 34.9 Å². The van der Waals surface area contributed by atoms with E-state index in [-0.39, 0.29) is 59.2 Å². The molecule has 1 N–H and O–H groups in total. The van der Waals surface area contributed by atoms with Crippen molar-refractivity contribution in [3.8, 4) is 11.3 Å². The number of benzene rings is 1. The van der Waals surface area contributed by atoms with Gasteiger partial charge in [0.05, 0.1) is 18.1 Å². The molecule has 2 amide bonds. The van der Waals surface area contributed by atoms with Crippen LogP contribution < -0.4 is 44.9 Å².